The van der Waals surface area contributed by atoms with E-state index < -0.39 is 23.4 Å². The molecule has 1 aliphatic heterocycles. The number of aromatic nitrogens is 2. The number of nitrogens with one attached hydrogen (secondary N) is 2. The van der Waals surface area contributed by atoms with Gasteiger partial charge in [-0.15, -0.1) is 0 Å². The Balaban J connectivity index is 1.40. The molecule has 0 spiro atoms. The normalized spacial score (nSPS) is 17.9. The molecule has 0 bridgehead atoms. The van der Waals surface area contributed by atoms with Crippen LogP contribution < -0.4 is 10.9 Å². The van der Waals surface area contributed by atoms with Crippen LogP contribution in [-0.4, -0.2) is 56.7 Å². The van der Waals surface area contributed by atoms with Crippen molar-refractivity contribution in [2.24, 2.45) is 0 Å². The summed E-state index contributed by atoms with van der Waals surface area (Å²) in [7, 11) is 1.53. The molecular formula is C24H25N5O4. The number of H-pyrrole nitrogens is 1. The number of hydrogen-bond donors (Lipinski definition) is 2. The first kappa shape index (κ1) is 22.2. The molecular weight excluding hydrogens is 422 g/mol. The molecule has 2 heterocycles. The molecule has 0 radical (unpaired) electrons. The number of nitrogens with zero attached hydrogens (tertiary/aromatic N) is 3. The van der Waals surface area contributed by atoms with E-state index in [2.05, 4.69) is 15.3 Å². The third-order valence-corrected chi connectivity index (χ3v) is 5.87. The fourth-order valence-electron chi connectivity index (χ4n) is 3.88. The summed E-state index contributed by atoms with van der Waals surface area (Å²) in [5.41, 5.74) is 0.226. The monoisotopic (exact) mass is 447 g/mol. The Labute approximate surface area is 190 Å². The second-order valence-corrected chi connectivity index (χ2v) is 8.42. The highest BCUT2D eigenvalue weighted by Crippen LogP contribution is 2.23. The molecule has 1 aliphatic rings. The highest BCUT2D eigenvalue weighted by Gasteiger charge is 2.48. The van der Waals surface area contributed by atoms with Gasteiger partial charge in [0.05, 0.1) is 17.4 Å². The van der Waals surface area contributed by atoms with Crippen LogP contribution in [0.4, 0.5) is 4.79 Å². The summed E-state index contributed by atoms with van der Waals surface area (Å²) in [6.45, 7) is 1.32. The number of rotatable bonds is 7. The van der Waals surface area contributed by atoms with E-state index in [1.54, 1.807) is 31.2 Å². The number of urea groups is 1. The summed E-state index contributed by atoms with van der Waals surface area (Å²) >= 11 is 0. The average Bonchev–Trinajstić information content (AvgIpc) is 3.01. The number of amides is 4. The minimum atomic E-state index is -1.07. The van der Waals surface area contributed by atoms with Crippen molar-refractivity contribution in [2.45, 2.75) is 31.8 Å². The topological polar surface area (TPSA) is 115 Å². The van der Waals surface area contributed by atoms with Gasteiger partial charge in [-0.05, 0) is 37.5 Å². The SMILES string of the molecule is CN(Cc1nc2ccccc2c(=O)[nH]1)C(=O)CN1C(=O)NC(C)(CCc2ccccc2)C1=O. The number of benzene rings is 2. The highest BCUT2D eigenvalue weighted by molar-refractivity contribution is 6.08. The smallest absolute Gasteiger partial charge is 0.325 e. The summed E-state index contributed by atoms with van der Waals surface area (Å²) in [6.07, 6.45) is 1.04. The Morgan fingerprint density at radius 1 is 1.06 bits per heavy atom. The van der Waals surface area contributed by atoms with E-state index in [9.17, 15) is 19.2 Å². The van der Waals surface area contributed by atoms with Gasteiger partial charge in [-0.1, -0.05) is 42.5 Å². The number of para-hydroxylation sites is 1. The van der Waals surface area contributed by atoms with Crippen LogP contribution in [0.2, 0.25) is 0 Å². The van der Waals surface area contributed by atoms with Crippen molar-refractivity contribution in [1.82, 2.24) is 25.1 Å². The molecule has 1 saturated heterocycles. The molecule has 170 valence electrons. The third-order valence-electron chi connectivity index (χ3n) is 5.87. The Kier molecular flexibility index (Phi) is 5.95. The van der Waals surface area contributed by atoms with Gasteiger partial charge in [0, 0.05) is 7.05 Å². The van der Waals surface area contributed by atoms with Gasteiger partial charge >= 0.3 is 6.03 Å². The van der Waals surface area contributed by atoms with E-state index in [1.807, 2.05) is 30.3 Å². The second kappa shape index (κ2) is 8.85. The van der Waals surface area contributed by atoms with Crippen LogP contribution in [0.25, 0.3) is 10.9 Å². The molecule has 1 fully saturated rings. The predicted molar refractivity (Wildman–Crippen MR) is 122 cm³/mol. The average molecular weight is 447 g/mol. The number of carbonyl (C=O) groups excluding carboxylic acids is 3. The van der Waals surface area contributed by atoms with Crippen LogP contribution in [0.15, 0.2) is 59.4 Å². The zero-order valence-electron chi connectivity index (χ0n) is 18.5. The molecule has 3 aromatic rings. The molecule has 0 saturated carbocycles. The molecule has 1 aromatic heterocycles. The number of imide groups is 1. The maximum atomic E-state index is 13.0. The number of fused-ring (bicyclic) bond motifs is 1. The lowest BCUT2D eigenvalue weighted by Gasteiger charge is -2.23. The summed E-state index contributed by atoms with van der Waals surface area (Å²) < 4.78 is 0. The van der Waals surface area contributed by atoms with Crippen molar-refractivity contribution < 1.29 is 14.4 Å². The highest BCUT2D eigenvalue weighted by atomic mass is 16.2. The Hall–Kier alpha value is -4.01. The minimum absolute atomic E-state index is 0.0355. The zero-order chi connectivity index (χ0) is 23.6. The minimum Gasteiger partial charge on any atom is -0.337 e. The van der Waals surface area contributed by atoms with E-state index >= 15 is 0 Å². The first-order valence-electron chi connectivity index (χ1n) is 10.7. The van der Waals surface area contributed by atoms with Crippen molar-refractivity contribution in [3.63, 3.8) is 0 Å². The van der Waals surface area contributed by atoms with Gasteiger partial charge in [-0.25, -0.2) is 9.78 Å². The molecule has 9 nitrogen and oxygen atoms in total. The fraction of sp³-hybridized carbons (Fsp3) is 0.292. The van der Waals surface area contributed by atoms with Crippen LogP contribution in [0, 0.1) is 0 Å². The van der Waals surface area contributed by atoms with Crippen LogP contribution >= 0.6 is 0 Å². The van der Waals surface area contributed by atoms with E-state index in [0.29, 0.717) is 29.6 Å². The van der Waals surface area contributed by atoms with Crippen LogP contribution in [0.1, 0.15) is 24.7 Å². The zero-order valence-corrected chi connectivity index (χ0v) is 18.5. The van der Waals surface area contributed by atoms with Crippen LogP contribution in [-0.2, 0) is 22.6 Å². The van der Waals surface area contributed by atoms with E-state index in [4.69, 9.17) is 0 Å². The Morgan fingerprint density at radius 2 is 1.76 bits per heavy atom. The van der Waals surface area contributed by atoms with Gasteiger partial charge in [-0.2, -0.15) is 0 Å². The van der Waals surface area contributed by atoms with Crippen LogP contribution in [0.3, 0.4) is 0 Å². The van der Waals surface area contributed by atoms with Gasteiger partial charge < -0.3 is 15.2 Å². The lowest BCUT2D eigenvalue weighted by molar-refractivity contribution is -0.138. The van der Waals surface area contributed by atoms with Gasteiger partial charge in [0.25, 0.3) is 11.5 Å². The number of aromatic amines is 1. The standard InChI is InChI=1S/C24H25N5O4/c1-24(13-12-16-8-4-3-5-9-16)22(32)29(23(33)27-24)15-20(30)28(2)14-19-25-18-11-7-6-10-17(18)21(31)26-19/h3-11H,12-15H2,1-2H3,(H,27,33)(H,25,26,31). The number of aryl methyl sites for hydroxylation is 1. The maximum absolute atomic E-state index is 13.0. The molecule has 2 aromatic carbocycles. The number of hydrogen-bond acceptors (Lipinski definition) is 5. The predicted octanol–water partition coefficient (Wildman–Crippen LogP) is 1.82. The van der Waals surface area contributed by atoms with Crippen molar-refractivity contribution in [1.29, 1.82) is 0 Å². The lowest BCUT2D eigenvalue weighted by Crippen LogP contribution is -2.45. The molecule has 1 unspecified atom stereocenters. The largest absolute Gasteiger partial charge is 0.337 e. The van der Waals surface area contributed by atoms with Gasteiger partial charge in [0.2, 0.25) is 5.91 Å². The maximum Gasteiger partial charge on any atom is 0.325 e. The molecule has 33 heavy (non-hydrogen) atoms. The second-order valence-electron chi connectivity index (χ2n) is 8.42. The van der Waals surface area contributed by atoms with E-state index in [-0.39, 0.29) is 18.6 Å². The fourth-order valence-corrected chi connectivity index (χ4v) is 3.88. The molecule has 1 atom stereocenters. The van der Waals surface area contributed by atoms with Gasteiger partial charge in [-0.3, -0.25) is 19.3 Å². The summed E-state index contributed by atoms with van der Waals surface area (Å²) in [5.74, 6) is -0.552. The Morgan fingerprint density at radius 3 is 2.52 bits per heavy atom. The summed E-state index contributed by atoms with van der Waals surface area (Å²) in [4.78, 5) is 59.8. The molecule has 4 amide bonds. The molecule has 9 heteroatoms. The Bertz CT molecular complexity index is 1270. The molecule has 0 aliphatic carbocycles. The lowest BCUT2D eigenvalue weighted by atomic mass is 9.93. The third kappa shape index (κ3) is 4.62. The van der Waals surface area contributed by atoms with Crippen molar-refractivity contribution in [2.75, 3.05) is 13.6 Å². The van der Waals surface area contributed by atoms with Crippen molar-refractivity contribution in [3.8, 4) is 0 Å². The van der Waals surface area contributed by atoms with E-state index in [1.165, 1.54) is 11.9 Å². The first-order valence-corrected chi connectivity index (χ1v) is 10.7. The summed E-state index contributed by atoms with van der Waals surface area (Å²) in [6, 6.07) is 16.0. The first-order chi connectivity index (χ1) is 15.8. The van der Waals surface area contributed by atoms with Gasteiger partial charge in [0.15, 0.2) is 0 Å². The van der Waals surface area contributed by atoms with E-state index in [0.717, 1.165) is 10.5 Å². The molecule has 2 N–H and O–H groups in total. The number of likely N-dealkylation sites (N-methyl/N-ethyl adjacent to an activating group) is 1. The van der Waals surface area contributed by atoms with Gasteiger partial charge in [0.1, 0.15) is 17.9 Å². The van der Waals surface area contributed by atoms with Crippen LogP contribution in [0.5, 0.6) is 0 Å². The number of carbonyl (C=O) groups is 3. The quantitative estimate of drug-likeness (QED) is 0.536. The summed E-state index contributed by atoms with van der Waals surface area (Å²) in [5, 5.41) is 3.19. The van der Waals surface area contributed by atoms with Crippen molar-refractivity contribution >= 4 is 28.7 Å². The van der Waals surface area contributed by atoms with Crippen molar-refractivity contribution in [3.05, 3.63) is 76.3 Å². The molecule has 4 rings (SSSR count).